The van der Waals surface area contributed by atoms with Crippen LogP contribution >= 0.6 is 12.2 Å². The Bertz CT molecular complexity index is 552. The number of aromatic nitrogens is 1. The average Bonchev–Trinajstić information content (AvgIpc) is 2.74. The van der Waals surface area contributed by atoms with E-state index < -0.39 is 0 Å². The molecule has 0 fully saturated rings. The molecule has 1 atom stereocenters. The maximum Gasteiger partial charge on any atom is 0.0948 e. The molecule has 0 saturated heterocycles. The number of H-pyrrole nitrogens is 1. The van der Waals surface area contributed by atoms with E-state index in [9.17, 15) is 0 Å². The number of benzene rings is 1. The van der Waals surface area contributed by atoms with Crippen molar-refractivity contribution in [1.29, 1.82) is 0 Å². The number of thiocarbonyl (C=S) groups is 1. The number of fused-ring (bicyclic) bond motifs is 1. The van der Waals surface area contributed by atoms with E-state index >= 15 is 0 Å². The second-order valence-corrected chi connectivity index (χ2v) is 4.77. The summed E-state index contributed by atoms with van der Waals surface area (Å²) in [5.41, 5.74) is 7.96. The first-order valence-corrected chi connectivity index (χ1v) is 6.22. The third-order valence-corrected chi connectivity index (χ3v) is 3.30. The molecule has 18 heavy (non-hydrogen) atoms. The first-order chi connectivity index (χ1) is 8.65. The largest absolute Gasteiger partial charge is 0.395 e. The summed E-state index contributed by atoms with van der Waals surface area (Å²) in [5.74, 6) is 0. The van der Waals surface area contributed by atoms with Crippen LogP contribution in [0.1, 0.15) is 11.6 Å². The topological polar surface area (TPSA) is 65.3 Å². The predicted octanol–water partition coefficient (Wildman–Crippen LogP) is 1.42. The zero-order valence-electron chi connectivity index (χ0n) is 10.3. The number of hydrogen-bond acceptors (Lipinski definition) is 3. The molecule has 0 spiro atoms. The Hall–Kier alpha value is -1.43. The lowest BCUT2D eigenvalue weighted by molar-refractivity contribution is 0.208. The Labute approximate surface area is 111 Å². The van der Waals surface area contributed by atoms with Gasteiger partial charge in [0.25, 0.3) is 0 Å². The van der Waals surface area contributed by atoms with Gasteiger partial charge in [0.05, 0.1) is 17.6 Å². The van der Waals surface area contributed by atoms with E-state index in [1.54, 1.807) is 0 Å². The van der Waals surface area contributed by atoms with Crippen molar-refractivity contribution in [2.45, 2.75) is 6.04 Å². The Morgan fingerprint density at radius 2 is 2.22 bits per heavy atom. The van der Waals surface area contributed by atoms with E-state index in [1.807, 2.05) is 42.4 Å². The molecule has 1 aromatic heterocycles. The fourth-order valence-corrected chi connectivity index (χ4v) is 2.52. The molecule has 2 aromatic rings. The van der Waals surface area contributed by atoms with Crippen molar-refractivity contribution in [3.8, 4) is 0 Å². The zero-order valence-corrected chi connectivity index (χ0v) is 11.1. The highest BCUT2D eigenvalue weighted by atomic mass is 32.1. The number of nitrogens with one attached hydrogen (secondary N) is 1. The lowest BCUT2D eigenvalue weighted by atomic mass is 10.0. The second kappa shape index (κ2) is 5.48. The number of nitrogens with zero attached hydrogens (tertiary/aromatic N) is 1. The molecule has 1 aromatic carbocycles. The Morgan fingerprint density at radius 3 is 2.89 bits per heavy atom. The van der Waals surface area contributed by atoms with Crippen LogP contribution in [-0.2, 0) is 0 Å². The van der Waals surface area contributed by atoms with Crippen molar-refractivity contribution in [3.05, 3.63) is 36.0 Å². The monoisotopic (exact) mass is 263 g/mol. The number of likely N-dealkylation sites (N-methyl/N-ethyl adjacent to an activating group) is 1. The fraction of sp³-hybridized carbons (Fsp3) is 0.308. The molecule has 5 heteroatoms. The smallest absolute Gasteiger partial charge is 0.0948 e. The van der Waals surface area contributed by atoms with Crippen LogP contribution in [0.15, 0.2) is 30.5 Å². The van der Waals surface area contributed by atoms with Crippen LogP contribution in [0, 0.1) is 0 Å². The van der Waals surface area contributed by atoms with Crippen LogP contribution in [0.2, 0.25) is 0 Å². The third kappa shape index (κ3) is 2.38. The van der Waals surface area contributed by atoms with Crippen molar-refractivity contribution < 1.29 is 5.11 Å². The van der Waals surface area contributed by atoms with Gasteiger partial charge in [0.2, 0.25) is 0 Å². The van der Waals surface area contributed by atoms with Crippen molar-refractivity contribution in [2.24, 2.45) is 5.73 Å². The summed E-state index contributed by atoms with van der Waals surface area (Å²) in [4.78, 5) is 5.59. The summed E-state index contributed by atoms with van der Waals surface area (Å²) < 4.78 is 0. The first kappa shape index (κ1) is 13.0. The van der Waals surface area contributed by atoms with Gasteiger partial charge in [0, 0.05) is 29.2 Å². The van der Waals surface area contributed by atoms with Gasteiger partial charge in [0.1, 0.15) is 0 Å². The van der Waals surface area contributed by atoms with Gasteiger partial charge in [-0.2, -0.15) is 0 Å². The van der Waals surface area contributed by atoms with E-state index in [0.29, 0.717) is 11.5 Å². The van der Waals surface area contributed by atoms with Gasteiger partial charge in [0.15, 0.2) is 0 Å². The third-order valence-electron chi connectivity index (χ3n) is 3.08. The molecule has 0 bridgehead atoms. The minimum Gasteiger partial charge on any atom is -0.395 e. The fourth-order valence-electron chi connectivity index (χ4n) is 2.21. The summed E-state index contributed by atoms with van der Waals surface area (Å²) in [6, 6.07) is 7.86. The molecule has 0 saturated carbocycles. The second-order valence-electron chi connectivity index (χ2n) is 4.30. The van der Waals surface area contributed by atoms with E-state index in [4.69, 9.17) is 23.1 Å². The van der Waals surface area contributed by atoms with Crippen molar-refractivity contribution in [3.63, 3.8) is 0 Å². The highest BCUT2D eigenvalue weighted by Crippen LogP contribution is 2.27. The molecule has 1 heterocycles. The summed E-state index contributed by atoms with van der Waals surface area (Å²) in [6.07, 6.45) is 1.93. The molecule has 0 aliphatic heterocycles. The Balaban J connectivity index is 2.45. The summed E-state index contributed by atoms with van der Waals surface area (Å²) >= 11 is 5.16. The molecule has 0 aliphatic carbocycles. The number of aliphatic hydroxyl groups excluding tert-OH is 1. The number of aromatic amines is 1. The average molecular weight is 263 g/mol. The van der Waals surface area contributed by atoms with Gasteiger partial charge in [-0.1, -0.05) is 30.4 Å². The normalized spacial score (nSPS) is 13.1. The highest BCUT2D eigenvalue weighted by Gasteiger charge is 2.22. The van der Waals surface area contributed by atoms with Gasteiger partial charge in [-0.25, -0.2) is 0 Å². The molecule has 0 aliphatic rings. The molecule has 4 nitrogen and oxygen atoms in total. The summed E-state index contributed by atoms with van der Waals surface area (Å²) in [5, 5.41) is 10.2. The van der Waals surface area contributed by atoms with Gasteiger partial charge in [-0.05, 0) is 13.1 Å². The standard InChI is InChI=1S/C13H17N3OS/c1-16(6-7-17)12(13(14)18)10-8-15-11-5-3-2-4-9(10)11/h2-5,8,12,15,17H,6-7H2,1H3,(H2,14,18). The van der Waals surface area contributed by atoms with E-state index in [1.165, 1.54) is 0 Å². The molecule has 1 unspecified atom stereocenters. The number of hydrogen-bond donors (Lipinski definition) is 3. The Kier molecular flexibility index (Phi) is 3.96. The molecule has 0 amide bonds. The maximum absolute atomic E-state index is 9.04. The number of aliphatic hydroxyl groups is 1. The van der Waals surface area contributed by atoms with Gasteiger partial charge in [-0.15, -0.1) is 0 Å². The summed E-state index contributed by atoms with van der Waals surface area (Å²) in [7, 11) is 1.90. The van der Waals surface area contributed by atoms with Crippen molar-refractivity contribution in [2.75, 3.05) is 20.2 Å². The minimum absolute atomic E-state index is 0.0813. The number of para-hydroxylation sites is 1. The SMILES string of the molecule is CN(CCO)C(C(N)=S)c1c[nH]c2ccccc12. The predicted molar refractivity (Wildman–Crippen MR) is 77.5 cm³/mol. The zero-order chi connectivity index (χ0) is 13.1. The summed E-state index contributed by atoms with van der Waals surface area (Å²) in [6.45, 7) is 0.611. The lowest BCUT2D eigenvalue weighted by Crippen LogP contribution is -2.35. The van der Waals surface area contributed by atoms with Crippen molar-refractivity contribution in [1.82, 2.24) is 9.88 Å². The van der Waals surface area contributed by atoms with Crippen LogP contribution in [0.4, 0.5) is 0 Å². The van der Waals surface area contributed by atoms with Crippen LogP contribution in [0.5, 0.6) is 0 Å². The minimum atomic E-state index is -0.164. The van der Waals surface area contributed by atoms with Gasteiger partial charge in [-0.3, -0.25) is 4.90 Å². The van der Waals surface area contributed by atoms with Crippen LogP contribution in [0.25, 0.3) is 10.9 Å². The Morgan fingerprint density at radius 1 is 1.50 bits per heavy atom. The maximum atomic E-state index is 9.04. The first-order valence-electron chi connectivity index (χ1n) is 5.81. The van der Waals surface area contributed by atoms with Gasteiger partial charge < -0.3 is 15.8 Å². The number of nitrogens with two attached hydrogens (primary N) is 1. The number of rotatable bonds is 5. The van der Waals surface area contributed by atoms with Gasteiger partial charge >= 0.3 is 0 Å². The van der Waals surface area contributed by atoms with Crippen LogP contribution < -0.4 is 5.73 Å². The highest BCUT2D eigenvalue weighted by molar-refractivity contribution is 7.80. The molecular formula is C13H17N3OS. The van der Waals surface area contributed by atoms with Crippen LogP contribution in [0.3, 0.4) is 0 Å². The van der Waals surface area contributed by atoms with E-state index in [-0.39, 0.29) is 12.6 Å². The van der Waals surface area contributed by atoms with E-state index in [2.05, 4.69) is 4.98 Å². The van der Waals surface area contributed by atoms with E-state index in [0.717, 1.165) is 16.5 Å². The molecular weight excluding hydrogens is 246 g/mol. The van der Waals surface area contributed by atoms with Crippen LogP contribution in [-0.4, -0.2) is 40.2 Å². The molecule has 0 radical (unpaired) electrons. The lowest BCUT2D eigenvalue weighted by Gasteiger charge is -2.26. The quantitative estimate of drug-likeness (QED) is 0.714. The van der Waals surface area contributed by atoms with Crippen molar-refractivity contribution >= 4 is 28.1 Å². The molecule has 4 N–H and O–H groups in total. The molecule has 96 valence electrons. The molecule has 2 rings (SSSR count).